The Morgan fingerprint density at radius 3 is 2.62 bits per heavy atom. The topological polar surface area (TPSA) is 72.8 Å². The summed E-state index contributed by atoms with van der Waals surface area (Å²) in [7, 11) is 1.76. The molecule has 1 aromatic rings. The van der Waals surface area contributed by atoms with Crippen molar-refractivity contribution < 1.29 is 24.2 Å². The maximum absolute atomic E-state index is 13.4. The molecule has 10 atom stereocenters. The quantitative estimate of drug-likeness (QED) is 0.355. The third-order valence-electron chi connectivity index (χ3n) is 11.6. The van der Waals surface area contributed by atoms with Crippen LogP contribution in [0.4, 0.5) is 0 Å². The van der Waals surface area contributed by atoms with Crippen LogP contribution in [0, 0.1) is 46.3 Å². The smallest absolute Gasteiger partial charge is 0.338 e. The highest BCUT2D eigenvalue weighted by molar-refractivity contribution is 5.89. The van der Waals surface area contributed by atoms with Crippen molar-refractivity contribution in [3.8, 4) is 0 Å². The first-order valence-corrected chi connectivity index (χ1v) is 14.6. The average molecular weight is 511 g/mol. The molecular formula is C32H46O5. The summed E-state index contributed by atoms with van der Waals surface area (Å²) in [6, 6.07) is 9.36. The van der Waals surface area contributed by atoms with E-state index in [9.17, 15) is 14.7 Å². The largest absolute Gasteiger partial charge is 0.458 e. The van der Waals surface area contributed by atoms with E-state index in [-0.39, 0.29) is 46.8 Å². The van der Waals surface area contributed by atoms with Crippen LogP contribution in [0.5, 0.6) is 0 Å². The number of hydrogen-bond donors (Lipinski definition) is 1. The minimum atomic E-state index is -0.383. The van der Waals surface area contributed by atoms with Gasteiger partial charge in [-0.25, -0.2) is 4.79 Å². The molecule has 204 valence electrons. The molecule has 5 rings (SSSR count). The fourth-order valence-corrected chi connectivity index (χ4v) is 9.62. The molecule has 4 aliphatic carbocycles. The second-order valence-electron chi connectivity index (χ2n) is 13.2. The van der Waals surface area contributed by atoms with E-state index in [2.05, 4.69) is 20.8 Å². The van der Waals surface area contributed by atoms with Gasteiger partial charge in [-0.1, -0.05) is 39.0 Å². The summed E-state index contributed by atoms with van der Waals surface area (Å²) in [5.41, 5.74) is 0.439. The van der Waals surface area contributed by atoms with Crippen LogP contribution < -0.4 is 0 Å². The first kappa shape index (κ1) is 26.9. The molecule has 0 spiro atoms. The molecule has 5 heteroatoms. The Morgan fingerprint density at radius 2 is 1.89 bits per heavy atom. The number of fused-ring (bicyclic) bond motifs is 5. The van der Waals surface area contributed by atoms with Gasteiger partial charge in [0.25, 0.3) is 0 Å². The fraction of sp³-hybridized carbons (Fsp3) is 0.750. The van der Waals surface area contributed by atoms with E-state index in [1.807, 2.05) is 30.3 Å². The van der Waals surface area contributed by atoms with Crippen molar-refractivity contribution in [3.63, 3.8) is 0 Å². The number of benzene rings is 1. The molecule has 1 aromatic carbocycles. The predicted molar refractivity (Wildman–Crippen MR) is 143 cm³/mol. The highest BCUT2D eigenvalue weighted by Gasteiger charge is 2.66. The van der Waals surface area contributed by atoms with Crippen LogP contribution in [0.25, 0.3) is 0 Å². The first-order valence-electron chi connectivity index (χ1n) is 14.6. The van der Waals surface area contributed by atoms with E-state index in [1.165, 1.54) is 0 Å². The van der Waals surface area contributed by atoms with Gasteiger partial charge < -0.3 is 14.6 Å². The fourth-order valence-electron chi connectivity index (χ4n) is 9.62. The molecule has 0 aliphatic heterocycles. The molecule has 4 saturated carbocycles. The Hall–Kier alpha value is -1.72. The Bertz CT molecular complexity index is 977. The van der Waals surface area contributed by atoms with Crippen LogP contribution in [0.2, 0.25) is 0 Å². The molecule has 0 saturated heterocycles. The number of hydrogen-bond acceptors (Lipinski definition) is 5. The molecule has 0 radical (unpaired) electrons. The molecule has 0 heterocycles. The van der Waals surface area contributed by atoms with Crippen molar-refractivity contribution in [2.45, 2.75) is 90.8 Å². The number of ether oxygens (including phenoxy) is 2. The molecule has 4 fully saturated rings. The van der Waals surface area contributed by atoms with Gasteiger partial charge in [0.1, 0.15) is 11.9 Å². The number of rotatable bonds is 7. The van der Waals surface area contributed by atoms with Gasteiger partial charge in [0.05, 0.1) is 11.7 Å². The van der Waals surface area contributed by atoms with Crippen LogP contribution in [-0.4, -0.2) is 42.8 Å². The first-order chi connectivity index (χ1) is 17.7. The number of esters is 1. The van der Waals surface area contributed by atoms with Crippen molar-refractivity contribution in [2.24, 2.45) is 46.3 Å². The van der Waals surface area contributed by atoms with Gasteiger partial charge in [-0.2, -0.15) is 0 Å². The van der Waals surface area contributed by atoms with Gasteiger partial charge in [-0.05, 0) is 98.0 Å². The molecule has 0 aromatic heterocycles. The maximum atomic E-state index is 13.4. The zero-order valence-electron chi connectivity index (χ0n) is 23.2. The summed E-state index contributed by atoms with van der Waals surface area (Å²) in [5, 5.41) is 11.6. The molecule has 0 amide bonds. The third kappa shape index (κ3) is 4.58. The van der Waals surface area contributed by atoms with Crippen molar-refractivity contribution in [1.82, 2.24) is 0 Å². The molecule has 5 unspecified atom stereocenters. The van der Waals surface area contributed by atoms with Crippen molar-refractivity contribution in [3.05, 3.63) is 35.9 Å². The number of Topliss-reactive ketones (excluding diaryl/α,β-unsaturated/α-hetero) is 1. The van der Waals surface area contributed by atoms with E-state index in [0.29, 0.717) is 41.9 Å². The van der Waals surface area contributed by atoms with Crippen molar-refractivity contribution in [2.75, 3.05) is 13.7 Å². The predicted octanol–water partition coefficient (Wildman–Crippen LogP) is 6.08. The van der Waals surface area contributed by atoms with Gasteiger partial charge >= 0.3 is 5.97 Å². The molecule has 5 nitrogen and oxygen atoms in total. The van der Waals surface area contributed by atoms with Gasteiger partial charge in [0.15, 0.2) is 0 Å². The number of methoxy groups -OCH3 is 1. The highest BCUT2D eigenvalue weighted by Crippen LogP contribution is 2.68. The van der Waals surface area contributed by atoms with Crippen LogP contribution in [-0.2, 0) is 14.3 Å². The molecule has 0 bridgehead atoms. The number of ketones is 1. The minimum Gasteiger partial charge on any atom is -0.458 e. The Morgan fingerprint density at radius 1 is 1.14 bits per heavy atom. The summed E-state index contributed by atoms with van der Waals surface area (Å²) < 4.78 is 11.9. The zero-order valence-corrected chi connectivity index (χ0v) is 23.2. The Kier molecular flexibility index (Phi) is 7.59. The number of carbonyl (C=O) groups is 2. The molecular weight excluding hydrogens is 464 g/mol. The normalized spacial score (nSPS) is 41.9. The lowest BCUT2D eigenvalue weighted by Crippen LogP contribution is -2.62. The van der Waals surface area contributed by atoms with E-state index < -0.39 is 0 Å². The van der Waals surface area contributed by atoms with Gasteiger partial charge in [0.2, 0.25) is 0 Å². The SMILES string of the molecule is COCCCC(C)C1CCC2C3C(C[C@H](OC(=O)c4ccccc4)[C@]12C)[C@@]1(C)CCC(=O)C[C@H]1C[C@H]3O. The van der Waals surface area contributed by atoms with E-state index in [4.69, 9.17) is 9.47 Å². The molecule has 37 heavy (non-hydrogen) atoms. The summed E-state index contributed by atoms with van der Waals surface area (Å²) >= 11 is 0. The summed E-state index contributed by atoms with van der Waals surface area (Å²) in [6.45, 7) is 7.86. The van der Waals surface area contributed by atoms with Gasteiger partial charge in [-0.15, -0.1) is 0 Å². The number of aliphatic hydroxyl groups is 1. The van der Waals surface area contributed by atoms with Crippen LogP contribution in [0.15, 0.2) is 30.3 Å². The standard InChI is InChI=1S/C32H46O5/c1-20(9-8-16-36-4)24-12-13-25-29-26(31(2)15-14-23(33)17-22(31)18-27(29)34)19-28(32(24,25)3)37-30(35)21-10-6-5-7-11-21/h5-7,10-11,20,22,24-29,34H,8-9,12-19H2,1-4H3/t20?,22-,24?,25?,26?,27+,28-,29?,31-,32+/m0/s1. The van der Waals surface area contributed by atoms with Gasteiger partial charge in [-0.3, -0.25) is 4.79 Å². The lowest BCUT2D eigenvalue weighted by molar-refractivity contribution is -0.201. The zero-order chi connectivity index (χ0) is 26.4. The minimum absolute atomic E-state index is 0.0126. The lowest BCUT2D eigenvalue weighted by atomic mass is 9.43. The van der Waals surface area contributed by atoms with Crippen molar-refractivity contribution in [1.29, 1.82) is 0 Å². The van der Waals surface area contributed by atoms with Gasteiger partial charge in [0, 0.05) is 32.0 Å². The van der Waals surface area contributed by atoms with Crippen LogP contribution >= 0.6 is 0 Å². The Labute approximate surface area is 222 Å². The lowest BCUT2D eigenvalue weighted by Gasteiger charge is -2.63. The summed E-state index contributed by atoms with van der Waals surface area (Å²) in [6.07, 6.45) is 7.39. The van der Waals surface area contributed by atoms with Crippen LogP contribution in [0.3, 0.4) is 0 Å². The van der Waals surface area contributed by atoms with Crippen LogP contribution in [0.1, 0.15) is 88.9 Å². The monoisotopic (exact) mass is 510 g/mol. The second-order valence-corrected chi connectivity index (χ2v) is 13.2. The molecule has 4 aliphatic rings. The van der Waals surface area contributed by atoms with E-state index in [1.54, 1.807) is 7.11 Å². The summed E-state index contributed by atoms with van der Waals surface area (Å²) in [4.78, 5) is 25.8. The Balaban J connectivity index is 1.50. The third-order valence-corrected chi connectivity index (χ3v) is 11.6. The number of aliphatic hydroxyl groups excluding tert-OH is 1. The number of carbonyl (C=O) groups excluding carboxylic acids is 2. The highest BCUT2D eigenvalue weighted by atomic mass is 16.5. The van der Waals surface area contributed by atoms with Crippen molar-refractivity contribution >= 4 is 11.8 Å². The summed E-state index contributed by atoms with van der Waals surface area (Å²) in [5.74, 6) is 2.06. The molecule has 1 N–H and O–H groups in total. The average Bonchev–Trinajstić information content (AvgIpc) is 3.24. The second kappa shape index (κ2) is 10.4. The van der Waals surface area contributed by atoms with E-state index >= 15 is 0 Å². The van der Waals surface area contributed by atoms with E-state index in [0.717, 1.165) is 51.6 Å². The maximum Gasteiger partial charge on any atom is 0.338 e.